The van der Waals surface area contributed by atoms with E-state index < -0.39 is 0 Å². The number of aromatic nitrogens is 5. The zero-order valence-electron chi connectivity index (χ0n) is 16.7. The molecule has 0 aromatic carbocycles. The van der Waals surface area contributed by atoms with Crippen molar-refractivity contribution in [3.63, 3.8) is 0 Å². The first-order valence-corrected chi connectivity index (χ1v) is 10.2. The Hall–Kier alpha value is -3.00. The number of nitrogens with two attached hydrogens (primary N) is 1. The molecule has 8 nitrogen and oxygen atoms in total. The molecule has 5 rings (SSSR count). The van der Waals surface area contributed by atoms with Gasteiger partial charge in [-0.15, -0.1) is 5.10 Å². The van der Waals surface area contributed by atoms with Crippen LogP contribution in [-0.4, -0.2) is 62.6 Å². The fourth-order valence-electron chi connectivity index (χ4n) is 3.88. The number of pyridine rings is 2. The Labute approximate surface area is 170 Å². The van der Waals surface area contributed by atoms with Crippen molar-refractivity contribution < 1.29 is 0 Å². The van der Waals surface area contributed by atoms with Crippen LogP contribution in [0.15, 0.2) is 36.9 Å². The lowest BCUT2D eigenvalue weighted by Crippen LogP contribution is -2.47. The maximum Gasteiger partial charge on any atom is 0.115 e. The predicted molar refractivity (Wildman–Crippen MR) is 113 cm³/mol. The van der Waals surface area contributed by atoms with Crippen LogP contribution in [0.2, 0.25) is 0 Å². The van der Waals surface area contributed by atoms with Crippen molar-refractivity contribution in [2.75, 3.05) is 43.4 Å². The molecule has 2 fully saturated rings. The summed E-state index contributed by atoms with van der Waals surface area (Å²) in [6.45, 7) is 7.53. The number of hydrogen-bond acceptors (Lipinski definition) is 7. The normalized spacial score (nSPS) is 17.6. The first-order chi connectivity index (χ1) is 14.2. The highest BCUT2D eigenvalue weighted by Gasteiger charge is 2.26. The first kappa shape index (κ1) is 18.1. The summed E-state index contributed by atoms with van der Waals surface area (Å²) in [7, 11) is 0. The van der Waals surface area contributed by atoms with Gasteiger partial charge in [0.1, 0.15) is 5.69 Å². The minimum atomic E-state index is 0.604. The lowest BCUT2D eigenvalue weighted by molar-refractivity contribution is 0.248. The van der Waals surface area contributed by atoms with Crippen LogP contribution in [0.4, 0.5) is 11.4 Å². The fourth-order valence-corrected chi connectivity index (χ4v) is 3.88. The maximum absolute atomic E-state index is 5.88. The zero-order chi connectivity index (χ0) is 19.8. The van der Waals surface area contributed by atoms with Gasteiger partial charge in [0.05, 0.1) is 41.3 Å². The summed E-state index contributed by atoms with van der Waals surface area (Å²) in [6, 6.07) is 4.01. The predicted octanol–water partition coefficient (Wildman–Crippen LogP) is 2.15. The van der Waals surface area contributed by atoms with Gasteiger partial charge in [-0.25, -0.2) is 4.68 Å². The third-order valence-electron chi connectivity index (χ3n) is 5.79. The van der Waals surface area contributed by atoms with Gasteiger partial charge in [-0.3, -0.25) is 14.9 Å². The van der Waals surface area contributed by atoms with Crippen molar-refractivity contribution in [2.24, 2.45) is 5.92 Å². The van der Waals surface area contributed by atoms with Crippen LogP contribution in [0.25, 0.3) is 16.9 Å². The van der Waals surface area contributed by atoms with Crippen molar-refractivity contribution in [2.45, 2.75) is 19.8 Å². The molecule has 1 aliphatic carbocycles. The van der Waals surface area contributed by atoms with Gasteiger partial charge in [-0.05, 0) is 37.8 Å². The number of nitrogens with zero attached hydrogens (tertiary/aromatic N) is 7. The van der Waals surface area contributed by atoms with Crippen molar-refractivity contribution >= 4 is 11.4 Å². The molecule has 2 aliphatic rings. The zero-order valence-corrected chi connectivity index (χ0v) is 16.7. The van der Waals surface area contributed by atoms with Crippen molar-refractivity contribution in [1.29, 1.82) is 0 Å². The Morgan fingerprint density at radius 1 is 1.07 bits per heavy atom. The van der Waals surface area contributed by atoms with E-state index in [4.69, 9.17) is 5.73 Å². The van der Waals surface area contributed by atoms with Gasteiger partial charge in [0.2, 0.25) is 0 Å². The Kier molecular flexibility index (Phi) is 4.63. The van der Waals surface area contributed by atoms with E-state index in [1.807, 2.05) is 31.6 Å². The number of nitrogen functional groups attached to an aromatic ring is 1. The molecule has 29 heavy (non-hydrogen) atoms. The summed E-state index contributed by atoms with van der Waals surface area (Å²) < 4.78 is 1.72. The monoisotopic (exact) mass is 390 g/mol. The quantitative estimate of drug-likeness (QED) is 0.714. The molecule has 0 atom stereocenters. The summed E-state index contributed by atoms with van der Waals surface area (Å²) in [5, 5.41) is 8.62. The molecule has 0 unspecified atom stereocenters. The highest BCUT2D eigenvalue weighted by Crippen LogP contribution is 2.30. The van der Waals surface area contributed by atoms with Gasteiger partial charge in [-0.1, -0.05) is 5.21 Å². The number of hydrogen-bond donors (Lipinski definition) is 1. The Morgan fingerprint density at radius 2 is 1.90 bits per heavy atom. The van der Waals surface area contributed by atoms with Crippen LogP contribution in [-0.2, 0) is 0 Å². The Bertz CT molecular complexity index is 1000. The summed E-state index contributed by atoms with van der Waals surface area (Å²) in [5.41, 5.74) is 11.1. The first-order valence-electron chi connectivity index (χ1n) is 10.2. The molecule has 1 saturated heterocycles. The molecule has 0 spiro atoms. The van der Waals surface area contributed by atoms with Gasteiger partial charge in [0, 0.05) is 44.5 Å². The molecule has 0 bridgehead atoms. The number of anilines is 2. The van der Waals surface area contributed by atoms with E-state index in [1.54, 1.807) is 10.9 Å². The van der Waals surface area contributed by atoms with Gasteiger partial charge < -0.3 is 10.6 Å². The van der Waals surface area contributed by atoms with E-state index in [1.165, 1.54) is 19.4 Å². The van der Waals surface area contributed by atoms with Gasteiger partial charge in [0.25, 0.3) is 0 Å². The molecule has 4 heterocycles. The minimum Gasteiger partial charge on any atom is -0.397 e. The number of piperazine rings is 1. The van der Waals surface area contributed by atoms with Crippen LogP contribution in [0, 0.1) is 12.8 Å². The van der Waals surface area contributed by atoms with E-state index >= 15 is 0 Å². The van der Waals surface area contributed by atoms with E-state index in [9.17, 15) is 0 Å². The standard InChI is InChI=1S/C21H26N8/c1-15-21(9-18(22)11-24-15)29-14-20(25-26-29)17-8-19(12-23-10-17)28-6-4-27(5-7-28)13-16-2-3-16/h8-12,14,16H,2-7,13,22H2,1H3. The maximum atomic E-state index is 5.88. The van der Waals surface area contributed by atoms with Crippen LogP contribution in [0.5, 0.6) is 0 Å². The van der Waals surface area contributed by atoms with Crippen molar-refractivity contribution in [1.82, 2.24) is 29.9 Å². The summed E-state index contributed by atoms with van der Waals surface area (Å²) in [6.07, 6.45) is 10.2. The van der Waals surface area contributed by atoms with Crippen LogP contribution in [0.1, 0.15) is 18.5 Å². The van der Waals surface area contributed by atoms with E-state index in [0.717, 1.165) is 60.4 Å². The highest BCUT2D eigenvalue weighted by molar-refractivity contribution is 5.64. The Balaban J connectivity index is 1.32. The highest BCUT2D eigenvalue weighted by atomic mass is 15.4. The minimum absolute atomic E-state index is 0.604. The molecule has 0 radical (unpaired) electrons. The largest absolute Gasteiger partial charge is 0.397 e. The second kappa shape index (κ2) is 7.44. The summed E-state index contributed by atoms with van der Waals surface area (Å²) >= 11 is 0. The fraction of sp³-hybridized carbons (Fsp3) is 0.429. The smallest absolute Gasteiger partial charge is 0.115 e. The molecular weight excluding hydrogens is 364 g/mol. The lowest BCUT2D eigenvalue weighted by Gasteiger charge is -2.36. The van der Waals surface area contributed by atoms with Crippen molar-refractivity contribution in [3.8, 4) is 16.9 Å². The number of rotatable bonds is 5. The molecule has 3 aromatic rings. The SMILES string of the molecule is Cc1ncc(N)cc1-n1cc(-c2cncc(N3CCN(CC4CC4)CC3)c2)nn1. The van der Waals surface area contributed by atoms with Gasteiger partial charge in [-0.2, -0.15) is 0 Å². The second-order valence-electron chi connectivity index (χ2n) is 8.08. The van der Waals surface area contributed by atoms with E-state index in [-0.39, 0.29) is 0 Å². The molecule has 1 saturated carbocycles. The third-order valence-corrected chi connectivity index (χ3v) is 5.79. The molecule has 2 N–H and O–H groups in total. The van der Waals surface area contributed by atoms with Crippen LogP contribution < -0.4 is 10.6 Å². The topological polar surface area (TPSA) is 89.0 Å². The van der Waals surface area contributed by atoms with Crippen molar-refractivity contribution in [3.05, 3.63) is 42.6 Å². The van der Waals surface area contributed by atoms with Crippen LogP contribution >= 0.6 is 0 Å². The molecule has 8 heteroatoms. The number of aryl methyl sites for hydroxylation is 1. The van der Waals surface area contributed by atoms with Crippen LogP contribution in [0.3, 0.4) is 0 Å². The van der Waals surface area contributed by atoms with Gasteiger partial charge >= 0.3 is 0 Å². The second-order valence-corrected chi connectivity index (χ2v) is 8.08. The third kappa shape index (κ3) is 3.93. The summed E-state index contributed by atoms with van der Waals surface area (Å²) in [4.78, 5) is 13.8. The summed E-state index contributed by atoms with van der Waals surface area (Å²) in [5.74, 6) is 0.952. The average molecular weight is 390 g/mol. The van der Waals surface area contributed by atoms with Gasteiger partial charge in [0.15, 0.2) is 0 Å². The molecular formula is C21H26N8. The molecule has 0 amide bonds. The van der Waals surface area contributed by atoms with E-state index in [0.29, 0.717) is 5.69 Å². The lowest BCUT2D eigenvalue weighted by atomic mass is 10.2. The van der Waals surface area contributed by atoms with E-state index in [2.05, 4.69) is 36.1 Å². The Morgan fingerprint density at radius 3 is 2.69 bits per heavy atom. The molecule has 1 aliphatic heterocycles. The molecule has 3 aromatic heterocycles. The average Bonchev–Trinajstić information content (AvgIpc) is 3.42. The molecule has 150 valence electrons.